The zero-order valence-corrected chi connectivity index (χ0v) is 13.4. The predicted octanol–water partition coefficient (Wildman–Crippen LogP) is 1.08. The minimum atomic E-state index is -3.96. The van der Waals surface area contributed by atoms with E-state index in [2.05, 4.69) is 23.2 Å². The van der Waals surface area contributed by atoms with Crippen LogP contribution >= 0.6 is 0 Å². The summed E-state index contributed by atoms with van der Waals surface area (Å²) in [4.78, 5) is 21.1. The van der Waals surface area contributed by atoms with Crippen molar-refractivity contribution in [1.82, 2.24) is 5.32 Å². The summed E-state index contributed by atoms with van der Waals surface area (Å²) in [5.41, 5.74) is 0.256. The topological polar surface area (TPSA) is 110 Å². The molecule has 0 fully saturated rings. The zero-order chi connectivity index (χ0) is 17.1. The van der Waals surface area contributed by atoms with E-state index in [4.69, 9.17) is 4.55 Å². The Balaban J connectivity index is 0. The van der Waals surface area contributed by atoms with E-state index in [1.54, 1.807) is 0 Å². The molecule has 122 valence electrons. The first-order valence-corrected chi connectivity index (χ1v) is 7.81. The van der Waals surface area contributed by atoms with Crippen LogP contribution in [-0.2, 0) is 24.4 Å². The van der Waals surface area contributed by atoms with Crippen LogP contribution in [0, 0.1) is 0 Å². The van der Waals surface area contributed by atoms with Gasteiger partial charge in [0.25, 0.3) is 10.1 Å². The van der Waals surface area contributed by atoms with Crippen LogP contribution in [0.5, 0.6) is 0 Å². The molecule has 21 heavy (non-hydrogen) atoms. The molecule has 0 saturated heterocycles. The fraction of sp³-hybridized carbons (Fsp3) is 0.538. The van der Waals surface area contributed by atoms with Gasteiger partial charge in [-0.25, -0.2) is 4.79 Å². The van der Waals surface area contributed by atoms with Crippen molar-refractivity contribution in [2.24, 2.45) is 0 Å². The van der Waals surface area contributed by atoms with Gasteiger partial charge in [-0.1, -0.05) is 13.2 Å². The monoisotopic (exact) mass is 321 g/mol. The van der Waals surface area contributed by atoms with Crippen molar-refractivity contribution >= 4 is 22.0 Å². The third-order valence-corrected chi connectivity index (χ3v) is 2.55. The lowest BCUT2D eigenvalue weighted by Gasteiger charge is -2.02. The molecule has 0 saturated carbocycles. The average Bonchev–Trinajstić information content (AvgIpc) is 2.32. The van der Waals surface area contributed by atoms with E-state index in [9.17, 15) is 18.0 Å². The fourth-order valence-corrected chi connectivity index (χ4v) is 1.36. The summed E-state index contributed by atoms with van der Waals surface area (Å²) in [6.45, 7) is 11.9. The van der Waals surface area contributed by atoms with Crippen LogP contribution in [0.15, 0.2) is 24.8 Å². The van der Waals surface area contributed by atoms with Gasteiger partial charge in [0, 0.05) is 11.6 Å². The second-order valence-corrected chi connectivity index (χ2v) is 6.00. The molecule has 0 aliphatic heterocycles. The van der Waals surface area contributed by atoms with E-state index in [-0.39, 0.29) is 30.5 Å². The quantitative estimate of drug-likeness (QED) is 0.314. The Morgan fingerprint density at radius 3 is 2.19 bits per heavy atom. The Morgan fingerprint density at radius 2 is 1.90 bits per heavy atom. The summed E-state index contributed by atoms with van der Waals surface area (Å²) < 4.78 is 33.3. The molecule has 0 aromatic carbocycles. The maximum absolute atomic E-state index is 10.7. The molecular weight excluding hydrogens is 298 g/mol. The van der Waals surface area contributed by atoms with E-state index < -0.39 is 21.8 Å². The van der Waals surface area contributed by atoms with Crippen molar-refractivity contribution in [2.45, 2.75) is 33.2 Å². The second kappa shape index (κ2) is 11.0. The van der Waals surface area contributed by atoms with Gasteiger partial charge in [-0.05, 0) is 33.3 Å². The van der Waals surface area contributed by atoms with Crippen LogP contribution in [-0.4, -0.2) is 43.2 Å². The van der Waals surface area contributed by atoms with Crippen molar-refractivity contribution in [3.8, 4) is 0 Å². The first-order valence-electron chi connectivity index (χ1n) is 6.20. The molecule has 8 heteroatoms. The highest BCUT2D eigenvalue weighted by atomic mass is 32.2. The largest absolute Gasteiger partial charge is 0.462 e. The van der Waals surface area contributed by atoms with Crippen molar-refractivity contribution < 1.29 is 27.3 Å². The van der Waals surface area contributed by atoms with Gasteiger partial charge in [-0.2, -0.15) is 8.42 Å². The van der Waals surface area contributed by atoms with Crippen molar-refractivity contribution in [2.75, 3.05) is 12.4 Å². The van der Waals surface area contributed by atoms with Crippen LogP contribution in [0.4, 0.5) is 0 Å². The second-order valence-electron chi connectivity index (χ2n) is 4.42. The third kappa shape index (κ3) is 18.3. The lowest BCUT2D eigenvalue weighted by Crippen LogP contribution is -2.27. The van der Waals surface area contributed by atoms with Crippen molar-refractivity contribution in [3.05, 3.63) is 24.8 Å². The van der Waals surface area contributed by atoms with E-state index in [0.29, 0.717) is 0 Å². The first kappa shape index (κ1) is 21.6. The molecule has 0 aromatic rings. The number of amides is 1. The first-order chi connectivity index (χ1) is 9.49. The van der Waals surface area contributed by atoms with Gasteiger partial charge in [0.15, 0.2) is 0 Å². The maximum Gasteiger partial charge on any atom is 0.333 e. The average molecular weight is 321 g/mol. The number of carbonyl (C=O) groups excluding carboxylic acids is 2. The predicted molar refractivity (Wildman–Crippen MR) is 80.3 cm³/mol. The van der Waals surface area contributed by atoms with E-state index >= 15 is 0 Å². The Kier molecular flexibility index (Phi) is 11.4. The lowest BCUT2D eigenvalue weighted by molar-refractivity contribution is -0.138. The number of hydrogen-bond donors (Lipinski definition) is 2. The van der Waals surface area contributed by atoms with Crippen molar-refractivity contribution in [1.29, 1.82) is 0 Å². The SMILES string of the molecule is C=C(C)C(=O)OCCCS(=O)(=O)O.C=CC(=O)NC(C)C. The standard InChI is InChI=1S/C7H12O5S.C6H11NO/c1-6(2)7(8)12-4-3-5-13(9,10)11;1-4-6(8)7-5(2)3/h1,3-5H2,2H3,(H,9,10,11);4-5H,1H2,2-3H3,(H,7,8). The summed E-state index contributed by atoms with van der Waals surface area (Å²) in [6, 6.07) is 0.209. The number of hydrogen-bond acceptors (Lipinski definition) is 5. The van der Waals surface area contributed by atoms with Crippen LogP contribution < -0.4 is 5.32 Å². The van der Waals surface area contributed by atoms with E-state index in [0.717, 1.165) is 0 Å². The Bertz CT molecular complexity index is 467. The molecule has 1 amide bonds. The van der Waals surface area contributed by atoms with Crippen molar-refractivity contribution in [3.63, 3.8) is 0 Å². The normalized spacial score (nSPS) is 10.1. The van der Waals surface area contributed by atoms with E-state index in [1.165, 1.54) is 13.0 Å². The molecular formula is C13H23NO6S. The van der Waals surface area contributed by atoms with Gasteiger partial charge in [-0.15, -0.1) is 0 Å². The summed E-state index contributed by atoms with van der Waals surface area (Å²) in [5, 5.41) is 2.64. The number of esters is 1. The number of ether oxygens (including phenoxy) is 1. The fourth-order valence-electron chi connectivity index (χ4n) is 0.873. The molecule has 0 bridgehead atoms. The molecule has 0 aliphatic carbocycles. The highest BCUT2D eigenvalue weighted by Crippen LogP contribution is 1.95. The van der Waals surface area contributed by atoms with Crippen LogP contribution in [0.25, 0.3) is 0 Å². The van der Waals surface area contributed by atoms with Gasteiger partial charge >= 0.3 is 5.97 Å². The highest BCUT2D eigenvalue weighted by Gasteiger charge is 2.06. The molecule has 2 N–H and O–H groups in total. The van der Waals surface area contributed by atoms with Gasteiger partial charge in [-0.3, -0.25) is 9.35 Å². The Labute approximate surface area is 125 Å². The van der Waals surface area contributed by atoms with Gasteiger partial charge in [0.2, 0.25) is 5.91 Å². The zero-order valence-electron chi connectivity index (χ0n) is 12.6. The van der Waals surface area contributed by atoms with Crippen LogP contribution in [0.2, 0.25) is 0 Å². The summed E-state index contributed by atoms with van der Waals surface area (Å²) in [7, 11) is -3.96. The third-order valence-electron chi connectivity index (χ3n) is 1.74. The van der Waals surface area contributed by atoms with Crippen LogP contribution in [0.3, 0.4) is 0 Å². The van der Waals surface area contributed by atoms with Crippen LogP contribution in [0.1, 0.15) is 27.2 Å². The number of nitrogens with one attached hydrogen (secondary N) is 1. The summed E-state index contributed by atoms with van der Waals surface area (Å²) in [5.74, 6) is -1.08. The minimum absolute atomic E-state index is 0.0362. The summed E-state index contributed by atoms with van der Waals surface area (Å²) >= 11 is 0. The summed E-state index contributed by atoms with van der Waals surface area (Å²) in [6.07, 6.45) is 1.35. The Hall–Kier alpha value is -1.67. The van der Waals surface area contributed by atoms with Gasteiger partial charge in [0.05, 0.1) is 12.4 Å². The molecule has 0 aliphatic rings. The lowest BCUT2D eigenvalue weighted by atomic mass is 10.4. The molecule has 0 spiro atoms. The highest BCUT2D eigenvalue weighted by molar-refractivity contribution is 7.85. The molecule has 0 atom stereocenters. The molecule has 7 nitrogen and oxygen atoms in total. The van der Waals surface area contributed by atoms with E-state index in [1.807, 2.05) is 13.8 Å². The molecule has 0 unspecified atom stereocenters. The number of rotatable bonds is 7. The molecule has 0 radical (unpaired) electrons. The smallest absolute Gasteiger partial charge is 0.333 e. The molecule has 0 heterocycles. The molecule has 0 aromatic heterocycles. The number of carbonyl (C=O) groups is 2. The molecule has 0 rings (SSSR count). The minimum Gasteiger partial charge on any atom is -0.462 e. The van der Waals surface area contributed by atoms with Gasteiger partial charge in [0.1, 0.15) is 0 Å². The maximum atomic E-state index is 10.7. The van der Waals surface area contributed by atoms with Gasteiger partial charge < -0.3 is 10.1 Å². The Morgan fingerprint density at radius 1 is 1.38 bits per heavy atom.